The normalized spacial score (nSPS) is 12.0. The molecule has 0 aliphatic carbocycles. The molecule has 0 saturated carbocycles. The Kier molecular flexibility index (Phi) is 6.08. The van der Waals surface area contributed by atoms with E-state index in [0.717, 1.165) is 23.2 Å². The lowest BCUT2D eigenvalue weighted by Gasteiger charge is -2.22. The summed E-state index contributed by atoms with van der Waals surface area (Å²) in [5.74, 6) is 0.888. The second-order valence-corrected chi connectivity index (χ2v) is 6.72. The van der Waals surface area contributed by atoms with Gasteiger partial charge in [-0.1, -0.05) is 28.9 Å². The van der Waals surface area contributed by atoms with Gasteiger partial charge in [0.2, 0.25) is 11.7 Å². The fourth-order valence-corrected chi connectivity index (χ4v) is 2.86. The van der Waals surface area contributed by atoms with Gasteiger partial charge < -0.3 is 14.7 Å². The summed E-state index contributed by atoms with van der Waals surface area (Å²) in [5, 5.41) is 11.2. The molecule has 0 spiro atoms. The summed E-state index contributed by atoms with van der Waals surface area (Å²) in [4.78, 5) is 18.8. The van der Waals surface area contributed by atoms with Crippen LogP contribution in [0.25, 0.3) is 11.4 Å². The Morgan fingerprint density at radius 2 is 2.18 bits per heavy atom. The van der Waals surface area contributed by atoms with E-state index in [9.17, 15) is 4.79 Å². The fourth-order valence-electron chi connectivity index (χ4n) is 2.86. The van der Waals surface area contributed by atoms with E-state index in [-0.39, 0.29) is 6.03 Å². The molecule has 0 radical (unpaired) electrons. The molecule has 148 valence electrons. The van der Waals surface area contributed by atoms with E-state index >= 15 is 0 Å². The number of carbonyl (C=O) groups excluding carboxylic acids is 1. The number of benzene rings is 1. The predicted molar refractivity (Wildman–Crippen MR) is 105 cm³/mol. The van der Waals surface area contributed by atoms with Crippen molar-refractivity contribution in [2.75, 3.05) is 6.54 Å². The number of nitrogens with one attached hydrogen (secondary N) is 1. The van der Waals surface area contributed by atoms with Crippen LogP contribution >= 0.6 is 0 Å². The zero-order valence-electron chi connectivity index (χ0n) is 16.7. The van der Waals surface area contributed by atoms with E-state index in [1.165, 1.54) is 0 Å². The third-order valence-corrected chi connectivity index (χ3v) is 4.48. The van der Waals surface area contributed by atoms with E-state index in [4.69, 9.17) is 4.52 Å². The fraction of sp³-hybridized carbons (Fsp3) is 0.400. The highest BCUT2D eigenvalue weighted by molar-refractivity contribution is 5.74. The molecule has 1 aromatic carbocycles. The van der Waals surface area contributed by atoms with E-state index in [1.807, 2.05) is 62.8 Å². The molecule has 1 atom stereocenters. The van der Waals surface area contributed by atoms with Crippen molar-refractivity contribution in [3.05, 3.63) is 53.7 Å². The van der Waals surface area contributed by atoms with Gasteiger partial charge in [-0.15, -0.1) is 0 Å². The Hall–Kier alpha value is -3.16. The van der Waals surface area contributed by atoms with Crippen molar-refractivity contribution in [2.45, 2.75) is 46.8 Å². The molecule has 8 nitrogen and oxygen atoms in total. The van der Waals surface area contributed by atoms with Crippen molar-refractivity contribution < 1.29 is 9.32 Å². The third-order valence-electron chi connectivity index (χ3n) is 4.48. The van der Waals surface area contributed by atoms with Crippen LogP contribution in [0.2, 0.25) is 0 Å². The molecule has 0 aliphatic heterocycles. The Balaban J connectivity index is 1.64. The smallest absolute Gasteiger partial charge is 0.318 e. The van der Waals surface area contributed by atoms with Crippen molar-refractivity contribution in [1.82, 2.24) is 30.1 Å². The second kappa shape index (κ2) is 8.69. The number of aryl methyl sites for hydroxylation is 2. The van der Waals surface area contributed by atoms with Gasteiger partial charge in [-0.25, -0.2) is 4.79 Å². The minimum absolute atomic E-state index is 0.186. The van der Waals surface area contributed by atoms with Gasteiger partial charge in [0.1, 0.15) is 6.04 Å². The Morgan fingerprint density at radius 3 is 2.86 bits per heavy atom. The topological polar surface area (TPSA) is 89.1 Å². The van der Waals surface area contributed by atoms with Crippen LogP contribution in [-0.2, 0) is 13.1 Å². The highest BCUT2D eigenvalue weighted by atomic mass is 16.5. The maximum Gasteiger partial charge on any atom is 0.318 e. The summed E-state index contributed by atoms with van der Waals surface area (Å²) in [6, 6.07) is 7.30. The summed E-state index contributed by atoms with van der Waals surface area (Å²) in [6.07, 6.45) is 3.74. The van der Waals surface area contributed by atoms with E-state index in [0.29, 0.717) is 24.8 Å². The second-order valence-electron chi connectivity index (χ2n) is 6.72. The lowest BCUT2D eigenvalue weighted by atomic mass is 10.1. The molecular weight excluding hydrogens is 356 g/mol. The Bertz CT molecular complexity index is 932. The maximum atomic E-state index is 12.7. The van der Waals surface area contributed by atoms with Crippen molar-refractivity contribution in [3.8, 4) is 11.4 Å². The SMILES string of the molecule is CCN(Cc1cnn(CC)c1)C(=O)N[C@@H](C)c1nc(-c2cccc(C)c2)no1. The molecule has 3 rings (SSSR count). The molecule has 8 heteroatoms. The monoisotopic (exact) mass is 382 g/mol. The van der Waals surface area contributed by atoms with Crippen LogP contribution in [0.1, 0.15) is 43.8 Å². The zero-order chi connectivity index (χ0) is 20.1. The van der Waals surface area contributed by atoms with Crippen molar-refractivity contribution in [1.29, 1.82) is 0 Å². The van der Waals surface area contributed by atoms with Gasteiger partial charge in [0.15, 0.2) is 0 Å². The largest absolute Gasteiger partial charge is 0.337 e. The van der Waals surface area contributed by atoms with Gasteiger partial charge >= 0.3 is 6.03 Å². The van der Waals surface area contributed by atoms with E-state index in [1.54, 1.807) is 11.1 Å². The number of nitrogens with zero attached hydrogens (tertiary/aromatic N) is 5. The standard InChI is InChI=1S/C20H26N6O2/c1-5-25(12-16-11-21-26(6-2)13-16)20(27)22-15(4)19-23-18(24-28-19)17-9-7-8-14(3)10-17/h7-11,13,15H,5-6,12H2,1-4H3,(H,22,27)/t15-/m0/s1. The van der Waals surface area contributed by atoms with E-state index < -0.39 is 6.04 Å². The van der Waals surface area contributed by atoms with Crippen LogP contribution in [-0.4, -0.2) is 37.4 Å². The van der Waals surface area contributed by atoms with Gasteiger partial charge in [0.05, 0.1) is 12.7 Å². The first-order chi connectivity index (χ1) is 13.5. The first kappa shape index (κ1) is 19.6. The number of aromatic nitrogens is 4. The first-order valence-corrected chi connectivity index (χ1v) is 9.47. The Labute approximate surface area is 164 Å². The molecule has 0 bridgehead atoms. The molecule has 2 aromatic heterocycles. The lowest BCUT2D eigenvalue weighted by Crippen LogP contribution is -2.40. The first-order valence-electron chi connectivity index (χ1n) is 9.47. The summed E-state index contributed by atoms with van der Waals surface area (Å²) in [7, 11) is 0. The molecule has 1 N–H and O–H groups in total. The molecule has 3 aromatic rings. The van der Waals surface area contributed by atoms with Crippen molar-refractivity contribution >= 4 is 6.03 Å². The molecule has 0 aliphatic rings. The van der Waals surface area contributed by atoms with Crippen LogP contribution in [0.3, 0.4) is 0 Å². The van der Waals surface area contributed by atoms with Crippen LogP contribution in [0.4, 0.5) is 4.79 Å². The van der Waals surface area contributed by atoms with Crippen LogP contribution in [0.15, 0.2) is 41.2 Å². The molecule has 0 unspecified atom stereocenters. The predicted octanol–water partition coefficient (Wildman–Crippen LogP) is 3.55. The highest BCUT2D eigenvalue weighted by Crippen LogP contribution is 2.19. The van der Waals surface area contributed by atoms with Crippen molar-refractivity contribution in [3.63, 3.8) is 0 Å². The summed E-state index contributed by atoms with van der Waals surface area (Å²) < 4.78 is 7.21. The van der Waals surface area contributed by atoms with Crippen LogP contribution < -0.4 is 5.32 Å². The maximum absolute atomic E-state index is 12.7. The number of carbonyl (C=O) groups is 1. The van der Waals surface area contributed by atoms with Gasteiger partial charge in [0, 0.05) is 30.4 Å². The zero-order valence-corrected chi connectivity index (χ0v) is 16.7. The highest BCUT2D eigenvalue weighted by Gasteiger charge is 2.20. The Morgan fingerprint density at radius 1 is 1.36 bits per heavy atom. The quantitative estimate of drug-likeness (QED) is 0.675. The van der Waals surface area contributed by atoms with Crippen LogP contribution in [0.5, 0.6) is 0 Å². The summed E-state index contributed by atoms with van der Waals surface area (Å²) in [5.41, 5.74) is 3.00. The molecule has 0 saturated heterocycles. The van der Waals surface area contributed by atoms with Crippen LogP contribution in [0, 0.1) is 6.92 Å². The lowest BCUT2D eigenvalue weighted by molar-refractivity contribution is 0.191. The molecule has 2 amide bonds. The third kappa shape index (κ3) is 4.57. The summed E-state index contributed by atoms with van der Waals surface area (Å²) >= 11 is 0. The average molecular weight is 382 g/mol. The number of hydrogen-bond acceptors (Lipinski definition) is 5. The van der Waals surface area contributed by atoms with Gasteiger partial charge in [-0.05, 0) is 33.8 Å². The van der Waals surface area contributed by atoms with Gasteiger partial charge in [0.25, 0.3) is 0 Å². The number of urea groups is 1. The minimum Gasteiger partial charge on any atom is -0.337 e. The van der Waals surface area contributed by atoms with Gasteiger partial charge in [-0.3, -0.25) is 4.68 Å². The number of hydrogen-bond donors (Lipinski definition) is 1. The minimum atomic E-state index is -0.397. The van der Waals surface area contributed by atoms with Crippen molar-refractivity contribution in [2.24, 2.45) is 0 Å². The summed E-state index contributed by atoms with van der Waals surface area (Å²) in [6.45, 7) is 9.68. The average Bonchev–Trinajstić information content (AvgIpc) is 3.35. The molecule has 28 heavy (non-hydrogen) atoms. The van der Waals surface area contributed by atoms with E-state index in [2.05, 4.69) is 20.6 Å². The molecule has 0 fully saturated rings. The molecular formula is C20H26N6O2. The number of rotatable bonds is 7. The van der Waals surface area contributed by atoms with Gasteiger partial charge in [-0.2, -0.15) is 10.1 Å². The number of amides is 2. The molecule has 2 heterocycles.